The summed E-state index contributed by atoms with van der Waals surface area (Å²) in [5.74, 6) is -0.828. The maximum absolute atomic E-state index is 11.5. The van der Waals surface area contributed by atoms with Crippen LogP contribution in [0.3, 0.4) is 0 Å². The van der Waals surface area contributed by atoms with Gasteiger partial charge in [-0.25, -0.2) is 0 Å². The Hall–Kier alpha value is -2.04. The van der Waals surface area contributed by atoms with E-state index < -0.39 is 5.97 Å². The van der Waals surface area contributed by atoms with E-state index >= 15 is 0 Å². The molecule has 0 aliphatic carbocycles. The number of anilines is 1. The number of nitrogens with zero attached hydrogens (tertiary/aromatic N) is 1. The van der Waals surface area contributed by atoms with Crippen molar-refractivity contribution < 1.29 is 14.7 Å². The number of hydrogen-bond acceptors (Lipinski definition) is 3. The summed E-state index contributed by atoms with van der Waals surface area (Å²) in [5.41, 5.74) is 0.961. The summed E-state index contributed by atoms with van der Waals surface area (Å²) in [4.78, 5) is 24.1. The maximum Gasteiger partial charge on any atom is 0.303 e. The Morgan fingerprint density at radius 3 is 2.78 bits per heavy atom. The van der Waals surface area contributed by atoms with Gasteiger partial charge in [-0.05, 0) is 18.6 Å². The van der Waals surface area contributed by atoms with Crippen molar-refractivity contribution >= 4 is 17.6 Å². The number of aliphatic carboxylic acids is 1. The van der Waals surface area contributed by atoms with Gasteiger partial charge < -0.3 is 15.3 Å². The zero-order valence-corrected chi connectivity index (χ0v) is 10.0. The third-order valence-electron chi connectivity index (χ3n) is 3.07. The minimum Gasteiger partial charge on any atom is -0.481 e. The van der Waals surface area contributed by atoms with Gasteiger partial charge in [-0.3, -0.25) is 9.59 Å². The van der Waals surface area contributed by atoms with E-state index in [2.05, 4.69) is 5.32 Å². The summed E-state index contributed by atoms with van der Waals surface area (Å²) in [6.07, 6.45) is 0.647. The Morgan fingerprint density at radius 1 is 1.39 bits per heavy atom. The molecule has 18 heavy (non-hydrogen) atoms. The number of para-hydroxylation sites is 1. The normalized spacial score (nSPS) is 19.4. The van der Waals surface area contributed by atoms with Gasteiger partial charge in [-0.1, -0.05) is 18.2 Å². The van der Waals surface area contributed by atoms with Crippen LogP contribution in [0.4, 0.5) is 5.69 Å². The summed E-state index contributed by atoms with van der Waals surface area (Å²) < 4.78 is 0. The smallest absolute Gasteiger partial charge is 0.303 e. The largest absolute Gasteiger partial charge is 0.481 e. The van der Waals surface area contributed by atoms with Crippen molar-refractivity contribution in [3.8, 4) is 0 Å². The van der Waals surface area contributed by atoms with Crippen molar-refractivity contribution in [2.24, 2.45) is 0 Å². The maximum atomic E-state index is 11.5. The van der Waals surface area contributed by atoms with Gasteiger partial charge in [-0.15, -0.1) is 0 Å². The molecule has 5 nitrogen and oxygen atoms in total. The van der Waals surface area contributed by atoms with E-state index in [-0.39, 0.29) is 24.9 Å². The number of rotatable bonds is 4. The molecule has 0 aromatic heterocycles. The van der Waals surface area contributed by atoms with Crippen LogP contribution in [-0.4, -0.2) is 36.1 Å². The van der Waals surface area contributed by atoms with Crippen LogP contribution in [0, 0.1) is 0 Å². The van der Waals surface area contributed by atoms with E-state index in [0.717, 1.165) is 5.69 Å². The van der Waals surface area contributed by atoms with Gasteiger partial charge in [0.2, 0.25) is 5.91 Å². The van der Waals surface area contributed by atoms with Gasteiger partial charge in [0.15, 0.2) is 0 Å². The number of carboxylic acids is 1. The van der Waals surface area contributed by atoms with Crippen molar-refractivity contribution in [3.05, 3.63) is 30.3 Å². The van der Waals surface area contributed by atoms with Crippen molar-refractivity contribution in [1.29, 1.82) is 0 Å². The van der Waals surface area contributed by atoms with E-state index in [0.29, 0.717) is 13.0 Å². The van der Waals surface area contributed by atoms with Crippen molar-refractivity contribution in [3.63, 3.8) is 0 Å². The fourth-order valence-corrected chi connectivity index (χ4v) is 2.15. The van der Waals surface area contributed by atoms with Crippen molar-refractivity contribution in [1.82, 2.24) is 5.32 Å². The number of nitrogens with one attached hydrogen (secondary N) is 1. The van der Waals surface area contributed by atoms with Gasteiger partial charge in [0.1, 0.15) is 0 Å². The van der Waals surface area contributed by atoms with E-state index in [9.17, 15) is 9.59 Å². The summed E-state index contributed by atoms with van der Waals surface area (Å²) in [5, 5.41) is 11.5. The monoisotopic (exact) mass is 248 g/mol. The molecule has 1 aromatic carbocycles. The highest BCUT2D eigenvalue weighted by atomic mass is 16.4. The second-order valence-electron chi connectivity index (χ2n) is 4.35. The highest BCUT2D eigenvalue weighted by Gasteiger charge is 2.26. The quantitative estimate of drug-likeness (QED) is 0.829. The molecule has 96 valence electrons. The Kier molecular flexibility index (Phi) is 3.82. The van der Waals surface area contributed by atoms with Gasteiger partial charge in [0, 0.05) is 24.7 Å². The van der Waals surface area contributed by atoms with Gasteiger partial charge in [0.05, 0.1) is 6.54 Å². The lowest BCUT2D eigenvalue weighted by atomic mass is 10.1. The summed E-state index contributed by atoms with van der Waals surface area (Å²) in [7, 11) is 0. The van der Waals surface area contributed by atoms with Crippen LogP contribution in [0.2, 0.25) is 0 Å². The van der Waals surface area contributed by atoms with Crippen LogP contribution in [0.1, 0.15) is 12.8 Å². The van der Waals surface area contributed by atoms with Crippen LogP contribution in [0.25, 0.3) is 0 Å². The van der Waals surface area contributed by atoms with Crippen LogP contribution >= 0.6 is 0 Å². The van der Waals surface area contributed by atoms with Crippen LogP contribution in [-0.2, 0) is 9.59 Å². The number of piperazine rings is 1. The van der Waals surface area contributed by atoms with E-state index in [1.807, 2.05) is 35.2 Å². The third-order valence-corrected chi connectivity index (χ3v) is 3.07. The van der Waals surface area contributed by atoms with Crippen LogP contribution < -0.4 is 10.2 Å². The summed E-state index contributed by atoms with van der Waals surface area (Å²) in [6, 6.07) is 9.66. The van der Waals surface area contributed by atoms with Gasteiger partial charge in [0.25, 0.3) is 0 Å². The predicted molar refractivity (Wildman–Crippen MR) is 67.5 cm³/mol. The highest BCUT2D eigenvalue weighted by Crippen LogP contribution is 2.20. The van der Waals surface area contributed by atoms with Gasteiger partial charge >= 0.3 is 5.97 Å². The second kappa shape index (κ2) is 5.53. The number of carbonyl (C=O) groups is 2. The first-order valence-electron chi connectivity index (χ1n) is 5.97. The number of hydrogen-bond donors (Lipinski definition) is 2. The predicted octanol–water partition coefficient (Wildman–Crippen LogP) is 0.856. The molecule has 0 radical (unpaired) electrons. The fraction of sp³-hybridized carbons (Fsp3) is 0.385. The van der Waals surface area contributed by atoms with Crippen LogP contribution in [0.15, 0.2) is 30.3 Å². The second-order valence-corrected chi connectivity index (χ2v) is 4.35. The molecule has 1 aliphatic rings. The summed E-state index contributed by atoms with van der Waals surface area (Å²) in [6.45, 7) is 0.787. The fourth-order valence-electron chi connectivity index (χ4n) is 2.15. The molecular formula is C13H16N2O3. The molecule has 1 atom stereocenters. The Labute approximate surface area is 105 Å². The minimum absolute atomic E-state index is 0.0228. The summed E-state index contributed by atoms with van der Waals surface area (Å²) >= 11 is 0. The van der Waals surface area contributed by atoms with Gasteiger partial charge in [-0.2, -0.15) is 0 Å². The lowest BCUT2D eigenvalue weighted by Gasteiger charge is -2.37. The molecule has 0 spiro atoms. The Bertz CT molecular complexity index is 433. The Balaban J connectivity index is 2.11. The topological polar surface area (TPSA) is 69.6 Å². The lowest BCUT2D eigenvalue weighted by Crippen LogP contribution is -2.54. The Morgan fingerprint density at radius 2 is 2.11 bits per heavy atom. The first kappa shape index (κ1) is 12.4. The molecule has 0 bridgehead atoms. The molecule has 1 aromatic rings. The molecule has 2 rings (SSSR count). The van der Waals surface area contributed by atoms with Crippen molar-refractivity contribution in [2.45, 2.75) is 18.9 Å². The average molecular weight is 248 g/mol. The zero-order chi connectivity index (χ0) is 13.0. The molecule has 0 saturated carbocycles. The lowest BCUT2D eigenvalue weighted by molar-refractivity contribution is -0.137. The standard InChI is InChI=1S/C13H16N2O3/c16-12-9-15(10-4-2-1-3-5-10)11(8-14-12)6-7-13(17)18/h1-5,11H,6-9H2,(H,14,16)(H,17,18). The van der Waals surface area contributed by atoms with Crippen LogP contribution in [0.5, 0.6) is 0 Å². The zero-order valence-electron chi connectivity index (χ0n) is 10.0. The molecule has 1 aliphatic heterocycles. The average Bonchev–Trinajstić information content (AvgIpc) is 2.38. The molecular weight excluding hydrogens is 232 g/mol. The van der Waals surface area contributed by atoms with E-state index in [1.165, 1.54) is 0 Å². The first-order valence-corrected chi connectivity index (χ1v) is 5.97. The molecule has 5 heteroatoms. The van der Waals surface area contributed by atoms with E-state index in [4.69, 9.17) is 5.11 Å². The van der Waals surface area contributed by atoms with Crippen molar-refractivity contribution in [2.75, 3.05) is 18.0 Å². The first-order chi connectivity index (χ1) is 8.66. The molecule has 1 fully saturated rings. The molecule has 1 heterocycles. The highest BCUT2D eigenvalue weighted by molar-refractivity contribution is 5.83. The third kappa shape index (κ3) is 3.00. The molecule has 1 saturated heterocycles. The number of carboxylic acid groups (broad SMARTS) is 1. The molecule has 1 unspecified atom stereocenters. The number of amides is 1. The minimum atomic E-state index is -0.806. The molecule has 1 amide bonds. The number of carbonyl (C=O) groups excluding carboxylic acids is 1. The SMILES string of the molecule is O=C(O)CCC1CNC(=O)CN1c1ccccc1. The molecule has 2 N–H and O–H groups in total. The van der Waals surface area contributed by atoms with E-state index in [1.54, 1.807) is 0 Å². The number of benzene rings is 1.